The predicted molar refractivity (Wildman–Crippen MR) is 73.2 cm³/mol. The van der Waals surface area contributed by atoms with Crippen molar-refractivity contribution in [3.63, 3.8) is 0 Å². The van der Waals surface area contributed by atoms with Crippen molar-refractivity contribution in [3.8, 4) is 5.69 Å². The molecule has 0 bridgehead atoms. The van der Waals surface area contributed by atoms with E-state index in [1.54, 1.807) is 19.2 Å². The topological polar surface area (TPSA) is 39.1 Å². The van der Waals surface area contributed by atoms with E-state index >= 15 is 0 Å². The minimum Gasteiger partial charge on any atom is -0.383 e. The molecule has 102 valence electrons. The molecule has 0 amide bonds. The highest BCUT2D eigenvalue weighted by Gasteiger charge is 2.10. The Kier molecular flexibility index (Phi) is 4.16. The van der Waals surface area contributed by atoms with Gasteiger partial charge in [0, 0.05) is 25.0 Å². The van der Waals surface area contributed by atoms with Gasteiger partial charge in [-0.15, -0.1) is 0 Å². The highest BCUT2D eigenvalue weighted by atomic mass is 19.1. The minimum atomic E-state index is -0.247. The molecule has 1 aromatic carbocycles. The molecule has 19 heavy (non-hydrogen) atoms. The van der Waals surface area contributed by atoms with Crippen molar-refractivity contribution in [2.45, 2.75) is 19.9 Å². The molecule has 0 fully saturated rings. The molecule has 2 aromatic rings. The van der Waals surface area contributed by atoms with E-state index in [1.807, 2.05) is 24.6 Å². The smallest absolute Gasteiger partial charge is 0.208 e. The molecule has 1 unspecified atom stereocenters. The largest absolute Gasteiger partial charge is 0.383 e. The molecule has 0 aliphatic heterocycles. The Balaban J connectivity index is 2.27. The van der Waals surface area contributed by atoms with Gasteiger partial charge in [-0.2, -0.15) is 0 Å². The van der Waals surface area contributed by atoms with Crippen LogP contribution in [-0.2, 0) is 4.74 Å². The van der Waals surface area contributed by atoms with E-state index in [0.29, 0.717) is 6.61 Å². The van der Waals surface area contributed by atoms with Crippen molar-refractivity contribution in [1.82, 2.24) is 9.55 Å². The number of hydrogen-bond acceptors (Lipinski definition) is 3. The first-order valence-corrected chi connectivity index (χ1v) is 6.17. The van der Waals surface area contributed by atoms with Crippen LogP contribution in [0.25, 0.3) is 5.69 Å². The minimum absolute atomic E-state index is 0.144. The van der Waals surface area contributed by atoms with E-state index < -0.39 is 0 Å². The molecular formula is C14H18FN3O. The molecule has 0 saturated carbocycles. The van der Waals surface area contributed by atoms with Crippen molar-refractivity contribution in [2.75, 3.05) is 19.0 Å². The number of nitrogens with zero attached hydrogens (tertiary/aromatic N) is 2. The van der Waals surface area contributed by atoms with Crippen molar-refractivity contribution in [1.29, 1.82) is 0 Å². The fraction of sp³-hybridized carbons (Fsp3) is 0.357. The van der Waals surface area contributed by atoms with Gasteiger partial charge in [-0.05, 0) is 38.1 Å². The number of rotatable bonds is 5. The maximum Gasteiger partial charge on any atom is 0.208 e. The first-order valence-electron chi connectivity index (χ1n) is 6.17. The van der Waals surface area contributed by atoms with Gasteiger partial charge in [-0.1, -0.05) is 0 Å². The molecular weight excluding hydrogens is 245 g/mol. The second-order valence-corrected chi connectivity index (χ2v) is 4.55. The van der Waals surface area contributed by atoms with Crippen LogP contribution in [0.15, 0.2) is 30.5 Å². The number of hydrogen-bond donors (Lipinski definition) is 1. The Bertz CT molecular complexity index is 536. The number of benzene rings is 1. The summed E-state index contributed by atoms with van der Waals surface area (Å²) in [6.07, 6.45) is 1.91. The van der Waals surface area contributed by atoms with Crippen molar-refractivity contribution < 1.29 is 9.13 Å². The number of methoxy groups -OCH3 is 1. The van der Waals surface area contributed by atoms with Gasteiger partial charge in [-0.25, -0.2) is 9.37 Å². The number of ether oxygens (including phenoxy) is 1. The molecule has 0 radical (unpaired) electrons. The molecule has 4 nitrogen and oxygen atoms in total. The van der Waals surface area contributed by atoms with Crippen molar-refractivity contribution in [2.24, 2.45) is 0 Å². The summed E-state index contributed by atoms with van der Waals surface area (Å²) in [6, 6.07) is 6.47. The highest BCUT2D eigenvalue weighted by molar-refractivity contribution is 5.43. The van der Waals surface area contributed by atoms with Crippen molar-refractivity contribution >= 4 is 5.95 Å². The highest BCUT2D eigenvalue weighted by Crippen LogP contribution is 2.17. The fourth-order valence-corrected chi connectivity index (χ4v) is 1.91. The number of nitrogens with one attached hydrogen (secondary N) is 1. The zero-order chi connectivity index (χ0) is 13.8. The third-order valence-corrected chi connectivity index (χ3v) is 2.72. The number of aryl methyl sites for hydroxylation is 1. The van der Waals surface area contributed by atoms with Gasteiger partial charge in [0.25, 0.3) is 0 Å². The quantitative estimate of drug-likeness (QED) is 0.901. The Labute approximate surface area is 112 Å². The lowest BCUT2D eigenvalue weighted by atomic mass is 10.3. The number of aromatic nitrogens is 2. The van der Waals surface area contributed by atoms with E-state index in [9.17, 15) is 4.39 Å². The van der Waals surface area contributed by atoms with Gasteiger partial charge in [0.05, 0.1) is 12.3 Å². The summed E-state index contributed by atoms with van der Waals surface area (Å²) in [4.78, 5) is 4.43. The predicted octanol–water partition coefficient (Wildman–Crippen LogP) is 2.77. The van der Waals surface area contributed by atoms with Crippen LogP contribution in [0.4, 0.5) is 10.3 Å². The van der Waals surface area contributed by atoms with Gasteiger partial charge in [0.2, 0.25) is 5.95 Å². The second-order valence-electron chi connectivity index (χ2n) is 4.55. The van der Waals surface area contributed by atoms with E-state index in [4.69, 9.17) is 4.74 Å². The molecule has 1 atom stereocenters. The maximum absolute atomic E-state index is 13.0. The fourth-order valence-electron chi connectivity index (χ4n) is 1.91. The normalized spacial score (nSPS) is 12.4. The number of anilines is 1. The zero-order valence-corrected chi connectivity index (χ0v) is 11.4. The van der Waals surface area contributed by atoms with Crippen LogP contribution in [0.2, 0.25) is 0 Å². The van der Waals surface area contributed by atoms with Crippen LogP contribution < -0.4 is 5.32 Å². The van der Waals surface area contributed by atoms with Crippen molar-refractivity contribution in [3.05, 3.63) is 42.0 Å². The van der Waals surface area contributed by atoms with E-state index in [0.717, 1.165) is 17.3 Å². The Morgan fingerprint density at radius 2 is 2.05 bits per heavy atom. The summed E-state index contributed by atoms with van der Waals surface area (Å²) in [6.45, 7) is 4.53. The third kappa shape index (κ3) is 3.32. The van der Waals surface area contributed by atoms with Gasteiger partial charge in [0.15, 0.2) is 0 Å². The lowest BCUT2D eigenvalue weighted by molar-refractivity contribution is 0.190. The molecule has 0 spiro atoms. The van der Waals surface area contributed by atoms with Crippen LogP contribution in [-0.4, -0.2) is 29.3 Å². The van der Waals surface area contributed by atoms with Crippen LogP contribution in [0.5, 0.6) is 0 Å². The standard InChI is InChI=1S/C14H18FN3O/c1-10-8-18(13-6-4-12(15)5-7-13)14(16-10)17-11(2)9-19-3/h4-8,11H,9H2,1-3H3,(H,16,17). The van der Waals surface area contributed by atoms with Crippen LogP contribution in [0.1, 0.15) is 12.6 Å². The Hall–Kier alpha value is -1.88. The first kappa shape index (κ1) is 13.5. The van der Waals surface area contributed by atoms with Gasteiger partial charge < -0.3 is 10.1 Å². The second kappa shape index (κ2) is 5.84. The number of halogens is 1. The summed E-state index contributed by atoms with van der Waals surface area (Å²) in [5.74, 6) is 0.483. The third-order valence-electron chi connectivity index (χ3n) is 2.72. The van der Waals surface area contributed by atoms with Crippen LogP contribution in [0, 0.1) is 12.7 Å². The average Bonchev–Trinajstić information content (AvgIpc) is 2.71. The van der Waals surface area contributed by atoms with Crippen LogP contribution >= 0.6 is 0 Å². The Morgan fingerprint density at radius 1 is 1.37 bits per heavy atom. The average molecular weight is 263 g/mol. The lowest BCUT2D eigenvalue weighted by Gasteiger charge is -2.15. The molecule has 0 saturated heterocycles. The summed E-state index contributed by atoms with van der Waals surface area (Å²) < 4.78 is 20.0. The van der Waals surface area contributed by atoms with E-state index in [-0.39, 0.29) is 11.9 Å². The molecule has 0 aliphatic rings. The van der Waals surface area contributed by atoms with Gasteiger partial charge in [-0.3, -0.25) is 4.57 Å². The maximum atomic E-state index is 13.0. The molecule has 0 aliphatic carbocycles. The molecule has 5 heteroatoms. The Morgan fingerprint density at radius 3 is 2.68 bits per heavy atom. The molecule has 1 N–H and O–H groups in total. The van der Waals surface area contributed by atoms with Crippen LogP contribution in [0.3, 0.4) is 0 Å². The SMILES string of the molecule is COCC(C)Nc1nc(C)cn1-c1ccc(F)cc1. The summed E-state index contributed by atoms with van der Waals surface area (Å²) >= 11 is 0. The first-order chi connectivity index (χ1) is 9.10. The molecule has 2 rings (SSSR count). The summed E-state index contributed by atoms with van der Waals surface area (Å²) in [7, 11) is 1.66. The summed E-state index contributed by atoms with van der Waals surface area (Å²) in [5.41, 5.74) is 1.77. The van der Waals surface area contributed by atoms with E-state index in [1.165, 1.54) is 12.1 Å². The van der Waals surface area contributed by atoms with Gasteiger partial charge in [0.1, 0.15) is 5.82 Å². The molecule has 1 heterocycles. The number of imidazole rings is 1. The summed E-state index contributed by atoms with van der Waals surface area (Å²) in [5, 5.41) is 3.28. The lowest BCUT2D eigenvalue weighted by Crippen LogP contribution is -2.22. The van der Waals surface area contributed by atoms with E-state index in [2.05, 4.69) is 10.3 Å². The van der Waals surface area contributed by atoms with Gasteiger partial charge >= 0.3 is 0 Å². The monoisotopic (exact) mass is 263 g/mol. The zero-order valence-electron chi connectivity index (χ0n) is 11.4. The molecule has 1 aromatic heterocycles.